The molecule has 0 saturated carbocycles. The smallest absolute Gasteiger partial charge is 0.267 e. The van der Waals surface area contributed by atoms with Crippen LogP contribution < -0.4 is 5.32 Å². The molecule has 0 radical (unpaired) electrons. The van der Waals surface area contributed by atoms with Gasteiger partial charge in [0.2, 0.25) is 10.0 Å². The molecule has 0 unspecified atom stereocenters. The third-order valence-corrected chi connectivity index (χ3v) is 7.54. The third-order valence-electron chi connectivity index (χ3n) is 4.42. The van der Waals surface area contributed by atoms with Crippen LogP contribution in [0.25, 0.3) is 0 Å². The topological polar surface area (TPSA) is 79.4 Å². The first-order chi connectivity index (χ1) is 13.8. The molecule has 1 N–H and O–H groups in total. The van der Waals surface area contributed by atoms with E-state index >= 15 is 0 Å². The molecule has 0 spiro atoms. The summed E-state index contributed by atoms with van der Waals surface area (Å²) >= 11 is 1.37. The molecule has 0 saturated heterocycles. The van der Waals surface area contributed by atoms with Crippen molar-refractivity contribution in [1.29, 1.82) is 0 Å². The molecule has 3 aromatic rings. The van der Waals surface area contributed by atoms with E-state index in [1.165, 1.54) is 27.8 Å². The number of nitrogens with one attached hydrogen (secondary N) is 1. The zero-order valence-electron chi connectivity index (χ0n) is 16.5. The lowest BCUT2D eigenvalue weighted by molar-refractivity contribution is 0.103. The van der Waals surface area contributed by atoms with Gasteiger partial charge in [0.05, 0.1) is 15.6 Å². The predicted molar refractivity (Wildman–Crippen MR) is 116 cm³/mol. The summed E-state index contributed by atoms with van der Waals surface area (Å²) in [6.07, 6.45) is 0.780. The number of benzene rings is 2. The second-order valence-corrected chi connectivity index (χ2v) is 9.73. The van der Waals surface area contributed by atoms with Crippen molar-refractivity contribution in [2.45, 2.75) is 31.7 Å². The normalized spacial score (nSPS) is 11.6. The van der Waals surface area contributed by atoms with Crippen LogP contribution in [0.1, 0.15) is 32.9 Å². The van der Waals surface area contributed by atoms with Crippen molar-refractivity contribution >= 4 is 33.0 Å². The van der Waals surface area contributed by atoms with Gasteiger partial charge < -0.3 is 5.32 Å². The Kier molecular flexibility index (Phi) is 6.46. The minimum Gasteiger partial charge on any atom is -0.321 e. The number of nitrogens with zero attached hydrogens (tertiary/aromatic N) is 2. The van der Waals surface area contributed by atoms with Crippen LogP contribution in [0.5, 0.6) is 0 Å². The monoisotopic (exact) mass is 429 g/mol. The van der Waals surface area contributed by atoms with Crippen molar-refractivity contribution in [3.63, 3.8) is 0 Å². The Morgan fingerprint density at radius 1 is 1.10 bits per heavy atom. The second kappa shape index (κ2) is 8.86. The van der Waals surface area contributed by atoms with Crippen molar-refractivity contribution in [1.82, 2.24) is 9.29 Å². The highest BCUT2D eigenvalue weighted by Crippen LogP contribution is 2.22. The first kappa shape index (κ1) is 21.2. The fourth-order valence-electron chi connectivity index (χ4n) is 2.82. The summed E-state index contributed by atoms with van der Waals surface area (Å²) in [4.78, 5) is 17.6. The molecule has 1 heterocycles. The number of rotatable bonds is 7. The summed E-state index contributed by atoms with van der Waals surface area (Å²) in [5.41, 5.74) is 2.14. The number of thiazole rings is 1. The molecule has 0 fully saturated rings. The Balaban J connectivity index is 1.71. The highest BCUT2D eigenvalue weighted by atomic mass is 32.2. The van der Waals surface area contributed by atoms with Gasteiger partial charge in [-0.1, -0.05) is 37.3 Å². The van der Waals surface area contributed by atoms with Crippen molar-refractivity contribution in [3.05, 3.63) is 75.7 Å². The van der Waals surface area contributed by atoms with Gasteiger partial charge in [0.1, 0.15) is 4.88 Å². The molecular formula is C21H23N3O3S2. The molecule has 6 nitrogen and oxygen atoms in total. The largest absolute Gasteiger partial charge is 0.321 e. The molecule has 1 amide bonds. The highest BCUT2D eigenvalue weighted by Gasteiger charge is 2.21. The van der Waals surface area contributed by atoms with Crippen molar-refractivity contribution in [2.75, 3.05) is 12.4 Å². The van der Waals surface area contributed by atoms with E-state index in [0.29, 0.717) is 16.3 Å². The maximum atomic E-state index is 12.8. The first-order valence-corrected chi connectivity index (χ1v) is 11.4. The molecule has 3 rings (SSSR count). The van der Waals surface area contributed by atoms with E-state index in [2.05, 4.69) is 10.3 Å². The average molecular weight is 430 g/mol. The Morgan fingerprint density at radius 3 is 2.34 bits per heavy atom. The quantitative estimate of drug-likeness (QED) is 0.614. The standard InChI is InChI=1S/C21H23N3O3S2/c1-4-19-22-15(2)20(28-19)21(25)23-17-10-12-18(13-11-17)29(26,27)24(3)14-16-8-6-5-7-9-16/h5-13H,4,14H2,1-3H3,(H,23,25). The number of carbonyl (C=O) groups is 1. The van der Waals surface area contributed by atoms with Gasteiger partial charge in [-0.15, -0.1) is 11.3 Å². The zero-order valence-corrected chi connectivity index (χ0v) is 18.2. The first-order valence-electron chi connectivity index (χ1n) is 9.19. The molecule has 2 aromatic carbocycles. The van der Waals surface area contributed by atoms with E-state index < -0.39 is 10.0 Å². The molecule has 29 heavy (non-hydrogen) atoms. The average Bonchev–Trinajstić information content (AvgIpc) is 3.10. The van der Waals surface area contributed by atoms with Gasteiger partial charge in [0, 0.05) is 19.3 Å². The molecule has 0 atom stereocenters. The van der Waals surface area contributed by atoms with Crippen molar-refractivity contribution in [3.8, 4) is 0 Å². The summed E-state index contributed by atoms with van der Waals surface area (Å²) < 4.78 is 26.9. The van der Waals surface area contributed by atoms with Gasteiger partial charge in [-0.05, 0) is 43.2 Å². The van der Waals surface area contributed by atoms with Crippen molar-refractivity contribution in [2.24, 2.45) is 0 Å². The minimum absolute atomic E-state index is 0.177. The summed E-state index contributed by atoms with van der Waals surface area (Å²) in [5.74, 6) is -0.239. The molecular weight excluding hydrogens is 406 g/mol. The fraction of sp³-hybridized carbons (Fsp3) is 0.238. The van der Waals surface area contributed by atoms with E-state index in [4.69, 9.17) is 0 Å². The van der Waals surface area contributed by atoms with Crippen LogP contribution in [0.4, 0.5) is 5.69 Å². The van der Waals surface area contributed by atoms with Crippen LogP contribution in [0.15, 0.2) is 59.5 Å². The molecule has 152 valence electrons. The van der Waals surface area contributed by atoms with Crippen LogP contribution in [-0.2, 0) is 23.0 Å². The Labute approximate surface area is 175 Å². The maximum absolute atomic E-state index is 12.8. The summed E-state index contributed by atoms with van der Waals surface area (Å²) in [6.45, 7) is 4.09. The van der Waals surface area contributed by atoms with Crippen molar-refractivity contribution < 1.29 is 13.2 Å². The van der Waals surface area contributed by atoms with E-state index in [9.17, 15) is 13.2 Å². The molecule has 0 aliphatic heterocycles. The number of hydrogen-bond acceptors (Lipinski definition) is 5. The van der Waals surface area contributed by atoms with Crippen LogP contribution in [-0.4, -0.2) is 30.7 Å². The maximum Gasteiger partial charge on any atom is 0.267 e. The number of hydrogen-bond donors (Lipinski definition) is 1. The van der Waals surface area contributed by atoms with Gasteiger partial charge >= 0.3 is 0 Å². The van der Waals surface area contributed by atoms with Crippen LogP contribution in [0, 0.1) is 6.92 Å². The van der Waals surface area contributed by atoms with Gasteiger partial charge in [-0.3, -0.25) is 4.79 Å². The number of aromatic nitrogens is 1. The van der Waals surface area contributed by atoms with E-state index in [0.717, 1.165) is 17.0 Å². The second-order valence-electron chi connectivity index (χ2n) is 6.60. The van der Waals surface area contributed by atoms with E-state index in [1.807, 2.05) is 44.2 Å². The molecule has 0 aliphatic carbocycles. The number of sulfonamides is 1. The lowest BCUT2D eigenvalue weighted by Gasteiger charge is -2.17. The van der Waals surface area contributed by atoms with E-state index in [-0.39, 0.29) is 17.3 Å². The van der Waals surface area contributed by atoms with Crippen LogP contribution in [0.2, 0.25) is 0 Å². The molecule has 0 aliphatic rings. The number of carbonyl (C=O) groups excluding carboxylic acids is 1. The van der Waals surface area contributed by atoms with E-state index in [1.54, 1.807) is 19.2 Å². The van der Waals surface area contributed by atoms with Gasteiger partial charge in [-0.2, -0.15) is 4.31 Å². The highest BCUT2D eigenvalue weighted by molar-refractivity contribution is 7.89. The van der Waals surface area contributed by atoms with Crippen LogP contribution in [0.3, 0.4) is 0 Å². The molecule has 8 heteroatoms. The Morgan fingerprint density at radius 2 is 1.76 bits per heavy atom. The fourth-order valence-corrected chi connectivity index (χ4v) is 4.88. The Bertz CT molecular complexity index is 1090. The van der Waals surface area contributed by atoms with Gasteiger partial charge in [0.15, 0.2) is 0 Å². The summed E-state index contributed by atoms with van der Waals surface area (Å²) in [5, 5.41) is 3.72. The molecule has 1 aromatic heterocycles. The minimum atomic E-state index is -3.63. The summed E-state index contributed by atoms with van der Waals surface area (Å²) in [7, 11) is -2.08. The SMILES string of the molecule is CCc1nc(C)c(C(=O)Nc2ccc(S(=O)(=O)N(C)Cc3ccccc3)cc2)s1. The zero-order chi connectivity index (χ0) is 21.0. The lowest BCUT2D eigenvalue weighted by atomic mass is 10.2. The number of aryl methyl sites for hydroxylation is 2. The van der Waals surface area contributed by atoms with Crippen LogP contribution >= 0.6 is 11.3 Å². The lowest BCUT2D eigenvalue weighted by Crippen LogP contribution is -2.26. The van der Waals surface area contributed by atoms with Gasteiger partial charge in [-0.25, -0.2) is 13.4 Å². The third kappa shape index (κ3) is 4.90. The van der Waals surface area contributed by atoms with Gasteiger partial charge in [0.25, 0.3) is 5.91 Å². The number of amides is 1. The predicted octanol–water partition coefficient (Wildman–Crippen LogP) is 4.09. The Hall–Kier alpha value is -2.55. The summed E-state index contributed by atoms with van der Waals surface area (Å²) in [6, 6.07) is 15.6. The number of anilines is 1. The molecule has 0 bridgehead atoms.